The van der Waals surface area contributed by atoms with Crippen LogP contribution in [0.25, 0.3) is 22.6 Å². The van der Waals surface area contributed by atoms with Crippen LogP contribution < -0.4 is 10.6 Å². The molecule has 4 aromatic rings. The molecule has 0 aliphatic heterocycles. The van der Waals surface area contributed by atoms with Crippen molar-refractivity contribution in [2.45, 2.75) is 20.8 Å². The van der Waals surface area contributed by atoms with Gasteiger partial charge in [0.05, 0.1) is 11.3 Å². The molecule has 0 saturated heterocycles. The van der Waals surface area contributed by atoms with E-state index in [1.807, 2.05) is 49.8 Å². The standard InChI is InChI=1S/C19H20N8O/c1-10-15(11(2)27(4)26-10)17-24-16-18(20-9-21-19(16)25-17)23-14-7-5-13(6-8-14)22-12(3)28/h5-9H,1-4H3,(H,22,28)(H2,20,21,23,24,25). The predicted octanol–water partition coefficient (Wildman–Crippen LogP) is 3.07. The summed E-state index contributed by atoms with van der Waals surface area (Å²) in [6.07, 6.45) is 1.48. The lowest BCUT2D eigenvalue weighted by molar-refractivity contribution is -0.114. The van der Waals surface area contributed by atoms with Crippen LogP contribution in [-0.2, 0) is 11.8 Å². The number of amides is 1. The van der Waals surface area contributed by atoms with Crippen molar-refractivity contribution in [2.24, 2.45) is 7.05 Å². The van der Waals surface area contributed by atoms with Crippen LogP contribution in [0.4, 0.5) is 17.2 Å². The maximum absolute atomic E-state index is 11.1. The Morgan fingerprint density at radius 3 is 2.46 bits per heavy atom. The fraction of sp³-hybridized carbons (Fsp3) is 0.211. The fourth-order valence-electron chi connectivity index (χ4n) is 3.13. The zero-order valence-corrected chi connectivity index (χ0v) is 16.0. The number of anilines is 3. The minimum Gasteiger partial charge on any atom is -0.338 e. The molecular formula is C19H20N8O. The highest BCUT2D eigenvalue weighted by atomic mass is 16.1. The van der Waals surface area contributed by atoms with Gasteiger partial charge in [-0.1, -0.05) is 0 Å². The smallest absolute Gasteiger partial charge is 0.221 e. The van der Waals surface area contributed by atoms with Crippen LogP contribution in [0.5, 0.6) is 0 Å². The Labute approximate surface area is 161 Å². The van der Waals surface area contributed by atoms with Crippen molar-refractivity contribution in [1.82, 2.24) is 29.7 Å². The van der Waals surface area contributed by atoms with Crippen LogP contribution >= 0.6 is 0 Å². The molecule has 0 saturated carbocycles. The first-order valence-electron chi connectivity index (χ1n) is 8.78. The SMILES string of the molecule is CC(=O)Nc1ccc(Nc2ncnc3nc(-c4c(C)nn(C)c4C)[nH]c23)cc1. The van der Waals surface area contributed by atoms with Crippen molar-refractivity contribution in [1.29, 1.82) is 0 Å². The zero-order valence-electron chi connectivity index (χ0n) is 16.0. The van der Waals surface area contributed by atoms with Gasteiger partial charge in [-0.15, -0.1) is 0 Å². The highest BCUT2D eigenvalue weighted by Gasteiger charge is 2.17. The molecule has 4 rings (SSSR count). The Kier molecular flexibility index (Phi) is 4.26. The Morgan fingerprint density at radius 2 is 1.82 bits per heavy atom. The second-order valence-corrected chi connectivity index (χ2v) is 6.56. The molecule has 28 heavy (non-hydrogen) atoms. The second-order valence-electron chi connectivity index (χ2n) is 6.56. The minimum absolute atomic E-state index is 0.107. The molecule has 1 aromatic carbocycles. The van der Waals surface area contributed by atoms with Gasteiger partial charge in [0.15, 0.2) is 11.5 Å². The highest BCUT2D eigenvalue weighted by molar-refractivity contribution is 5.90. The number of carbonyl (C=O) groups excluding carboxylic acids is 1. The molecule has 9 nitrogen and oxygen atoms in total. The molecule has 0 atom stereocenters. The molecule has 0 unspecified atom stereocenters. The number of rotatable bonds is 4. The Morgan fingerprint density at radius 1 is 1.11 bits per heavy atom. The van der Waals surface area contributed by atoms with Crippen molar-refractivity contribution in [2.75, 3.05) is 10.6 Å². The van der Waals surface area contributed by atoms with E-state index >= 15 is 0 Å². The van der Waals surface area contributed by atoms with Gasteiger partial charge in [-0.05, 0) is 38.1 Å². The topological polar surface area (TPSA) is 113 Å². The van der Waals surface area contributed by atoms with Crippen molar-refractivity contribution in [3.8, 4) is 11.4 Å². The first-order valence-corrected chi connectivity index (χ1v) is 8.78. The van der Waals surface area contributed by atoms with Gasteiger partial charge in [0, 0.05) is 31.0 Å². The lowest BCUT2D eigenvalue weighted by atomic mass is 10.2. The molecule has 0 radical (unpaired) electrons. The van der Waals surface area contributed by atoms with Gasteiger partial charge >= 0.3 is 0 Å². The maximum Gasteiger partial charge on any atom is 0.221 e. The summed E-state index contributed by atoms with van der Waals surface area (Å²) < 4.78 is 1.83. The van der Waals surface area contributed by atoms with Gasteiger partial charge in [0.25, 0.3) is 0 Å². The molecule has 142 valence electrons. The predicted molar refractivity (Wildman–Crippen MR) is 107 cm³/mol. The Hall–Kier alpha value is -3.75. The van der Waals surface area contributed by atoms with E-state index in [1.54, 1.807) is 0 Å². The van der Waals surface area contributed by atoms with Crippen molar-refractivity contribution in [3.63, 3.8) is 0 Å². The van der Waals surface area contributed by atoms with Crippen LogP contribution in [0.3, 0.4) is 0 Å². The van der Waals surface area contributed by atoms with E-state index in [0.29, 0.717) is 22.8 Å². The molecule has 0 aliphatic rings. The van der Waals surface area contributed by atoms with Gasteiger partial charge in [-0.3, -0.25) is 9.48 Å². The van der Waals surface area contributed by atoms with E-state index in [9.17, 15) is 4.79 Å². The summed E-state index contributed by atoms with van der Waals surface area (Å²) in [6, 6.07) is 7.38. The number of hydrogen-bond donors (Lipinski definition) is 3. The van der Waals surface area contributed by atoms with Gasteiger partial charge in [-0.25, -0.2) is 15.0 Å². The van der Waals surface area contributed by atoms with E-state index in [2.05, 4.69) is 35.7 Å². The summed E-state index contributed by atoms with van der Waals surface area (Å²) in [5.74, 6) is 1.22. The number of imidazole rings is 1. The van der Waals surface area contributed by atoms with Crippen molar-refractivity contribution >= 4 is 34.3 Å². The number of carbonyl (C=O) groups is 1. The lowest BCUT2D eigenvalue weighted by Gasteiger charge is -2.07. The summed E-state index contributed by atoms with van der Waals surface area (Å²) in [5, 5.41) is 10.5. The number of aromatic nitrogens is 6. The minimum atomic E-state index is -0.107. The summed E-state index contributed by atoms with van der Waals surface area (Å²) in [4.78, 5) is 27.7. The highest BCUT2D eigenvalue weighted by Crippen LogP contribution is 2.28. The largest absolute Gasteiger partial charge is 0.338 e. The fourth-order valence-corrected chi connectivity index (χ4v) is 3.13. The second kappa shape index (κ2) is 6.76. The number of benzene rings is 1. The summed E-state index contributed by atoms with van der Waals surface area (Å²) in [5.41, 5.74) is 5.74. The molecule has 0 bridgehead atoms. The van der Waals surface area contributed by atoms with Crippen LogP contribution in [0.15, 0.2) is 30.6 Å². The number of nitrogens with zero attached hydrogens (tertiary/aromatic N) is 5. The number of hydrogen-bond acceptors (Lipinski definition) is 6. The summed E-state index contributed by atoms with van der Waals surface area (Å²) >= 11 is 0. The van der Waals surface area contributed by atoms with E-state index < -0.39 is 0 Å². The number of aryl methyl sites for hydroxylation is 2. The third-order valence-corrected chi connectivity index (χ3v) is 4.50. The van der Waals surface area contributed by atoms with Crippen molar-refractivity contribution < 1.29 is 4.79 Å². The number of aromatic amines is 1. The van der Waals surface area contributed by atoms with E-state index in [4.69, 9.17) is 0 Å². The molecule has 0 fully saturated rings. The molecule has 3 N–H and O–H groups in total. The van der Waals surface area contributed by atoms with Crippen LogP contribution in [0.2, 0.25) is 0 Å². The van der Waals surface area contributed by atoms with Crippen molar-refractivity contribution in [3.05, 3.63) is 42.0 Å². The molecular weight excluding hydrogens is 356 g/mol. The maximum atomic E-state index is 11.1. The quantitative estimate of drug-likeness (QED) is 0.504. The molecule has 0 spiro atoms. The van der Waals surface area contributed by atoms with Gasteiger partial charge in [-0.2, -0.15) is 5.10 Å². The van der Waals surface area contributed by atoms with Gasteiger partial charge in [0.2, 0.25) is 5.91 Å². The summed E-state index contributed by atoms with van der Waals surface area (Å²) in [6.45, 7) is 5.44. The normalized spacial score (nSPS) is 11.0. The number of H-pyrrole nitrogens is 1. The lowest BCUT2D eigenvalue weighted by Crippen LogP contribution is -2.05. The van der Waals surface area contributed by atoms with Gasteiger partial charge in [0.1, 0.15) is 17.7 Å². The average molecular weight is 376 g/mol. The third kappa shape index (κ3) is 3.18. The van der Waals surface area contributed by atoms with E-state index in [-0.39, 0.29) is 5.91 Å². The third-order valence-electron chi connectivity index (χ3n) is 4.50. The monoisotopic (exact) mass is 376 g/mol. The van der Waals surface area contributed by atoms with Gasteiger partial charge < -0.3 is 15.6 Å². The summed E-state index contributed by atoms with van der Waals surface area (Å²) in [7, 11) is 1.91. The molecule has 3 aromatic heterocycles. The number of fused-ring (bicyclic) bond motifs is 1. The first kappa shape index (κ1) is 17.7. The van der Waals surface area contributed by atoms with Crippen LogP contribution in [-0.4, -0.2) is 35.6 Å². The first-order chi connectivity index (χ1) is 13.4. The molecule has 1 amide bonds. The zero-order chi connectivity index (χ0) is 19.8. The number of nitrogens with one attached hydrogen (secondary N) is 3. The Balaban J connectivity index is 1.69. The molecule has 0 aliphatic carbocycles. The average Bonchev–Trinajstić information content (AvgIpc) is 3.17. The van der Waals surface area contributed by atoms with Crippen LogP contribution in [0.1, 0.15) is 18.3 Å². The molecule has 3 heterocycles. The van der Waals surface area contributed by atoms with E-state index in [0.717, 1.165) is 28.3 Å². The molecule has 9 heteroatoms. The van der Waals surface area contributed by atoms with Crippen LogP contribution in [0, 0.1) is 13.8 Å². The Bertz CT molecular complexity index is 1170. The van der Waals surface area contributed by atoms with E-state index in [1.165, 1.54) is 13.3 Å².